The van der Waals surface area contributed by atoms with Crippen LogP contribution >= 0.6 is 11.6 Å². The maximum Gasteiger partial charge on any atom is 0.417 e. The van der Waals surface area contributed by atoms with Crippen LogP contribution in [0.25, 0.3) is 0 Å². The number of nitrogens with zero attached hydrogens (tertiary/aromatic N) is 2. The summed E-state index contributed by atoms with van der Waals surface area (Å²) in [4.78, 5) is 31.6. The monoisotopic (exact) mass is 337 g/mol. The second kappa shape index (κ2) is 6.71. The number of carbonyl (C=O) groups is 1. The van der Waals surface area contributed by atoms with Gasteiger partial charge in [0.2, 0.25) is 0 Å². The van der Waals surface area contributed by atoms with E-state index in [0.29, 0.717) is 0 Å². The number of hydrogen-bond donors (Lipinski definition) is 1. The Balaban J connectivity index is 2.04. The molecule has 118 valence electrons. The molecule has 0 unspecified atom stereocenters. The van der Waals surface area contributed by atoms with E-state index in [-0.39, 0.29) is 27.8 Å². The van der Waals surface area contributed by atoms with Gasteiger partial charge in [0.05, 0.1) is 20.6 Å². The third-order valence-electron chi connectivity index (χ3n) is 2.66. The highest BCUT2D eigenvalue weighted by atomic mass is 35.5. The van der Waals surface area contributed by atoms with Crippen molar-refractivity contribution in [1.82, 2.24) is 0 Å². The molecular formula is C13H8ClN3O6. The number of hydrogen-bond acceptors (Lipinski definition) is 6. The Morgan fingerprint density at radius 3 is 2.09 bits per heavy atom. The van der Waals surface area contributed by atoms with Crippen molar-refractivity contribution < 1.29 is 19.4 Å². The summed E-state index contributed by atoms with van der Waals surface area (Å²) in [6.45, 7) is 0. The summed E-state index contributed by atoms with van der Waals surface area (Å²) in [7, 11) is 0. The Kier molecular flexibility index (Phi) is 4.72. The fourth-order valence-electron chi connectivity index (χ4n) is 1.60. The highest BCUT2D eigenvalue weighted by molar-refractivity contribution is 6.33. The fraction of sp³-hybridized carbons (Fsp3) is 0. The molecule has 0 saturated heterocycles. The first-order valence-electron chi connectivity index (χ1n) is 6.04. The van der Waals surface area contributed by atoms with Crippen LogP contribution in [0.2, 0.25) is 5.02 Å². The van der Waals surface area contributed by atoms with Gasteiger partial charge in [-0.1, -0.05) is 11.6 Å². The number of rotatable bonds is 4. The number of benzene rings is 2. The van der Waals surface area contributed by atoms with Crippen molar-refractivity contribution in [1.29, 1.82) is 0 Å². The standard InChI is InChI=1S/C13H8ClN3O6/c14-11-7-9(17(21)22)3-6-12(11)15-13(18)23-10-4-1-8(2-5-10)16(19)20/h1-7H,(H,15,18). The SMILES string of the molecule is O=C(Nc1ccc([N+](=O)[O-])cc1Cl)Oc1ccc([N+](=O)[O-])cc1. The summed E-state index contributed by atoms with van der Waals surface area (Å²) in [5.74, 6) is 0.0890. The smallest absolute Gasteiger partial charge is 0.410 e. The second-order valence-corrected chi connectivity index (χ2v) is 4.59. The summed E-state index contributed by atoms with van der Waals surface area (Å²) < 4.78 is 4.92. The van der Waals surface area contributed by atoms with Gasteiger partial charge in [0.15, 0.2) is 0 Å². The molecule has 0 atom stereocenters. The van der Waals surface area contributed by atoms with E-state index in [1.807, 2.05) is 0 Å². The highest BCUT2D eigenvalue weighted by Gasteiger charge is 2.13. The number of carbonyl (C=O) groups excluding carboxylic acids is 1. The van der Waals surface area contributed by atoms with Crippen molar-refractivity contribution in [3.63, 3.8) is 0 Å². The molecular weight excluding hydrogens is 330 g/mol. The van der Waals surface area contributed by atoms with Gasteiger partial charge in [-0.2, -0.15) is 0 Å². The number of non-ortho nitro benzene ring substituents is 2. The van der Waals surface area contributed by atoms with Crippen molar-refractivity contribution in [3.8, 4) is 5.75 Å². The van der Waals surface area contributed by atoms with Crippen molar-refractivity contribution in [2.75, 3.05) is 5.32 Å². The van der Waals surface area contributed by atoms with Crippen LogP contribution in [-0.4, -0.2) is 15.9 Å². The molecule has 0 heterocycles. The summed E-state index contributed by atoms with van der Waals surface area (Å²) in [6.07, 6.45) is -0.894. The first-order valence-corrected chi connectivity index (χ1v) is 6.42. The van der Waals surface area contributed by atoms with Crippen molar-refractivity contribution in [2.24, 2.45) is 0 Å². The molecule has 0 aromatic heterocycles. The zero-order chi connectivity index (χ0) is 17.0. The molecule has 10 heteroatoms. The first kappa shape index (κ1) is 16.2. The van der Waals surface area contributed by atoms with Gasteiger partial charge in [-0.15, -0.1) is 0 Å². The summed E-state index contributed by atoms with van der Waals surface area (Å²) in [5.41, 5.74) is -0.232. The van der Waals surface area contributed by atoms with Crippen molar-refractivity contribution in [2.45, 2.75) is 0 Å². The lowest BCUT2D eigenvalue weighted by atomic mass is 10.3. The van der Waals surface area contributed by atoms with Crippen LogP contribution < -0.4 is 10.1 Å². The van der Waals surface area contributed by atoms with E-state index >= 15 is 0 Å². The van der Waals surface area contributed by atoms with Gasteiger partial charge in [-0.3, -0.25) is 25.5 Å². The number of ether oxygens (including phenoxy) is 1. The third kappa shape index (κ3) is 4.14. The zero-order valence-electron chi connectivity index (χ0n) is 11.3. The van der Waals surface area contributed by atoms with Crippen LogP contribution in [0.3, 0.4) is 0 Å². The minimum absolute atomic E-state index is 0.0279. The molecule has 0 saturated carbocycles. The van der Waals surface area contributed by atoms with Crippen LogP contribution in [0.1, 0.15) is 0 Å². The first-order chi connectivity index (χ1) is 10.9. The van der Waals surface area contributed by atoms with Gasteiger partial charge >= 0.3 is 6.09 Å². The molecule has 2 rings (SSSR count). The lowest BCUT2D eigenvalue weighted by Crippen LogP contribution is -2.17. The molecule has 0 spiro atoms. The predicted molar refractivity (Wildman–Crippen MR) is 80.8 cm³/mol. The Bertz CT molecular complexity index is 778. The van der Waals surface area contributed by atoms with Crippen LogP contribution in [0.4, 0.5) is 21.9 Å². The van der Waals surface area contributed by atoms with Crippen LogP contribution in [0.15, 0.2) is 42.5 Å². The molecule has 9 nitrogen and oxygen atoms in total. The molecule has 0 radical (unpaired) electrons. The van der Waals surface area contributed by atoms with Gasteiger partial charge in [0, 0.05) is 24.3 Å². The number of amides is 1. The van der Waals surface area contributed by atoms with E-state index in [4.69, 9.17) is 16.3 Å². The number of halogens is 1. The second-order valence-electron chi connectivity index (χ2n) is 4.19. The van der Waals surface area contributed by atoms with Crippen LogP contribution in [-0.2, 0) is 0 Å². The van der Waals surface area contributed by atoms with Gasteiger partial charge in [-0.05, 0) is 18.2 Å². The Labute approximate surface area is 133 Å². The third-order valence-corrected chi connectivity index (χ3v) is 2.97. The van der Waals surface area contributed by atoms with E-state index < -0.39 is 15.9 Å². The van der Waals surface area contributed by atoms with Crippen molar-refractivity contribution in [3.05, 3.63) is 67.7 Å². The average molecular weight is 338 g/mol. The quantitative estimate of drug-likeness (QED) is 0.668. The van der Waals surface area contributed by atoms with Crippen LogP contribution in [0.5, 0.6) is 5.75 Å². The molecule has 0 aliphatic rings. The van der Waals surface area contributed by atoms with Gasteiger partial charge in [0.1, 0.15) is 5.75 Å². The Morgan fingerprint density at radius 2 is 1.57 bits per heavy atom. The molecule has 2 aromatic rings. The lowest BCUT2D eigenvalue weighted by molar-refractivity contribution is -0.385. The fourth-order valence-corrected chi connectivity index (χ4v) is 1.82. The number of anilines is 1. The van der Waals surface area contributed by atoms with E-state index in [2.05, 4.69) is 5.32 Å². The molecule has 2 aromatic carbocycles. The molecule has 1 N–H and O–H groups in total. The summed E-state index contributed by atoms with van der Waals surface area (Å²) in [6, 6.07) is 8.40. The largest absolute Gasteiger partial charge is 0.417 e. The van der Waals surface area contributed by atoms with Crippen molar-refractivity contribution >= 4 is 34.8 Å². The molecule has 1 amide bonds. The minimum Gasteiger partial charge on any atom is -0.410 e. The maximum absolute atomic E-state index is 11.7. The van der Waals surface area contributed by atoms with Gasteiger partial charge in [-0.25, -0.2) is 4.79 Å². The van der Waals surface area contributed by atoms with E-state index in [1.54, 1.807) is 0 Å². The van der Waals surface area contributed by atoms with E-state index in [0.717, 1.165) is 6.07 Å². The predicted octanol–water partition coefficient (Wildman–Crippen LogP) is 3.77. The molecule has 0 aliphatic carbocycles. The average Bonchev–Trinajstić information content (AvgIpc) is 2.49. The van der Waals surface area contributed by atoms with Crippen LogP contribution in [0, 0.1) is 20.2 Å². The number of nitro benzene ring substituents is 2. The van der Waals surface area contributed by atoms with E-state index in [1.165, 1.54) is 36.4 Å². The summed E-state index contributed by atoms with van der Waals surface area (Å²) in [5, 5.41) is 23.4. The molecule has 0 bridgehead atoms. The minimum atomic E-state index is -0.894. The Morgan fingerprint density at radius 1 is 1.00 bits per heavy atom. The number of nitro groups is 2. The molecule has 0 aliphatic heterocycles. The van der Waals surface area contributed by atoms with E-state index in [9.17, 15) is 25.0 Å². The zero-order valence-corrected chi connectivity index (χ0v) is 12.0. The summed E-state index contributed by atoms with van der Waals surface area (Å²) >= 11 is 5.83. The normalized spacial score (nSPS) is 9.96. The van der Waals surface area contributed by atoms with Gasteiger partial charge < -0.3 is 4.74 Å². The highest BCUT2D eigenvalue weighted by Crippen LogP contribution is 2.27. The topological polar surface area (TPSA) is 125 Å². The molecule has 0 fully saturated rings. The Hall–Kier alpha value is -3.20. The number of nitrogens with one attached hydrogen (secondary N) is 1. The maximum atomic E-state index is 11.7. The lowest BCUT2D eigenvalue weighted by Gasteiger charge is -2.07. The molecule has 23 heavy (non-hydrogen) atoms. The van der Waals surface area contributed by atoms with Gasteiger partial charge in [0.25, 0.3) is 11.4 Å².